The fraction of sp³-hybridized carbons (Fsp3) is 0.625. The molecule has 8 nitrogen and oxygen atoms in total. The number of likely N-dealkylation sites (N-methyl/N-ethyl adjacent to an activating group) is 1. The normalized spacial score (nSPS) is 15.4. The van der Waals surface area contributed by atoms with Gasteiger partial charge in [-0.1, -0.05) is 12.1 Å². The van der Waals surface area contributed by atoms with Crippen LogP contribution in [-0.4, -0.2) is 100 Å². The number of aldehydes is 2. The number of rotatable bonds is 16. The lowest BCUT2D eigenvalue weighted by atomic mass is 10.1. The zero-order valence-corrected chi connectivity index (χ0v) is 20.7. The first kappa shape index (κ1) is 27.5. The van der Waals surface area contributed by atoms with E-state index in [0.29, 0.717) is 25.1 Å². The summed E-state index contributed by atoms with van der Waals surface area (Å²) in [6.45, 7) is 7.28. The molecule has 1 aliphatic heterocycles. The van der Waals surface area contributed by atoms with Crippen molar-refractivity contribution in [2.45, 2.75) is 36.7 Å². The molecular weight excluding hydrogens is 440 g/mol. The fourth-order valence-electron chi connectivity index (χ4n) is 3.80. The highest BCUT2D eigenvalue weighted by Gasteiger charge is 2.19. The molecule has 1 atom stereocenters. The molecule has 1 heterocycles. The van der Waals surface area contributed by atoms with Gasteiger partial charge in [0.15, 0.2) is 0 Å². The van der Waals surface area contributed by atoms with Gasteiger partial charge in [-0.2, -0.15) is 0 Å². The molecule has 1 saturated heterocycles. The number of thioether (sulfide) groups is 1. The van der Waals surface area contributed by atoms with E-state index in [-0.39, 0.29) is 18.4 Å². The number of benzene rings is 1. The second kappa shape index (κ2) is 16.0. The topological polar surface area (TPSA) is 91.0 Å². The summed E-state index contributed by atoms with van der Waals surface area (Å²) in [5, 5.41) is 5.94. The van der Waals surface area contributed by atoms with Crippen molar-refractivity contribution < 1.29 is 19.1 Å². The standard InChI is InChI=1S/C24H38N4O4S/c1-25-24(31)8-7-21(19-30)27(2)17-22-20(18-29)5-3-6-23(22)33-16-15-32-14-4-11-28-12-9-26-10-13-28/h3,5-6,18-19,21,26H,4,7-17H2,1-2H3,(H,25,31). The van der Waals surface area contributed by atoms with Crippen molar-refractivity contribution in [1.29, 1.82) is 0 Å². The third-order valence-electron chi connectivity index (χ3n) is 5.83. The molecule has 184 valence electrons. The van der Waals surface area contributed by atoms with E-state index in [1.807, 2.05) is 24.1 Å². The van der Waals surface area contributed by atoms with E-state index < -0.39 is 0 Å². The zero-order chi connectivity index (χ0) is 23.9. The minimum absolute atomic E-state index is 0.0901. The van der Waals surface area contributed by atoms with E-state index >= 15 is 0 Å². The lowest BCUT2D eigenvalue weighted by Crippen LogP contribution is -2.43. The zero-order valence-electron chi connectivity index (χ0n) is 19.9. The van der Waals surface area contributed by atoms with Crippen LogP contribution in [0.15, 0.2) is 23.1 Å². The van der Waals surface area contributed by atoms with Gasteiger partial charge < -0.3 is 25.1 Å². The third kappa shape index (κ3) is 9.93. The minimum Gasteiger partial charge on any atom is -0.381 e. The number of hydrogen-bond acceptors (Lipinski definition) is 8. The molecular formula is C24H38N4O4S. The van der Waals surface area contributed by atoms with Crippen LogP contribution in [0.5, 0.6) is 0 Å². The molecule has 0 radical (unpaired) electrons. The Hall–Kier alpha value is -1.78. The first-order valence-electron chi connectivity index (χ1n) is 11.7. The summed E-state index contributed by atoms with van der Waals surface area (Å²) in [4.78, 5) is 40.2. The molecule has 1 unspecified atom stereocenters. The predicted molar refractivity (Wildman–Crippen MR) is 132 cm³/mol. The monoisotopic (exact) mass is 478 g/mol. The Morgan fingerprint density at radius 3 is 2.79 bits per heavy atom. The van der Waals surface area contributed by atoms with Crippen molar-refractivity contribution in [3.63, 3.8) is 0 Å². The number of nitrogens with one attached hydrogen (secondary N) is 2. The van der Waals surface area contributed by atoms with Crippen LogP contribution in [0.4, 0.5) is 0 Å². The highest BCUT2D eigenvalue weighted by Crippen LogP contribution is 2.27. The molecule has 1 aliphatic rings. The maximum Gasteiger partial charge on any atom is 0.219 e. The van der Waals surface area contributed by atoms with Crippen molar-refractivity contribution in [3.05, 3.63) is 29.3 Å². The second-order valence-electron chi connectivity index (χ2n) is 8.18. The molecule has 1 aromatic rings. The Morgan fingerprint density at radius 1 is 1.30 bits per heavy atom. The van der Waals surface area contributed by atoms with Crippen molar-refractivity contribution in [3.8, 4) is 0 Å². The van der Waals surface area contributed by atoms with Crippen LogP contribution in [-0.2, 0) is 20.9 Å². The Kier molecular flexibility index (Phi) is 13.3. The summed E-state index contributed by atoms with van der Waals surface area (Å²) >= 11 is 1.66. The minimum atomic E-state index is -0.390. The quantitative estimate of drug-likeness (QED) is 0.210. The molecule has 2 N–H and O–H groups in total. The first-order valence-corrected chi connectivity index (χ1v) is 12.6. The van der Waals surface area contributed by atoms with Crippen molar-refractivity contribution in [2.24, 2.45) is 0 Å². The molecule has 33 heavy (non-hydrogen) atoms. The lowest BCUT2D eigenvalue weighted by Gasteiger charge is -2.26. The lowest BCUT2D eigenvalue weighted by molar-refractivity contribution is -0.121. The third-order valence-corrected chi connectivity index (χ3v) is 6.90. The van der Waals surface area contributed by atoms with Crippen LogP contribution in [0.3, 0.4) is 0 Å². The highest BCUT2D eigenvalue weighted by molar-refractivity contribution is 7.99. The summed E-state index contributed by atoms with van der Waals surface area (Å²) in [6, 6.07) is 5.30. The molecule has 1 amide bonds. The summed E-state index contributed by atoms with van der Waals surface area (Å²) in [7, 11) is 3.43. The Labute approximate surface area is 201 Å². The van der Waals surface area contributed by atoms with E-state index in [2.05, 4.69) is 15.5 Å². The number of nitrogens with zero attached hydrogens (tertiary/aromatic N) is 2. The van der Waals surface area contributed by atoms with Crippen LogP contribution < -0.4 is 10.6 Å². The van der Waals surface area contributed by atoms with Crippen LogP contribution in [0.25, 0.3) is 0 Å². The van der Waals surface area contributed by atoms with Crippen LogP contribution in [0.1, 0.15) is 35.2 Å². The number of ether oxygens (including phenoxy) is 1. The van der Waals surface area contributed by atoms with Crippen molar-refractivity contribution >= 4 is 30.2 Å². The van der Waals surface area contributed by atoms with Crippen molar-refractivity contribution in [1.82, 2.24) is 20.4 Å². The van der Waals surface area contributed by atoms with Crippen LogP contribution in [0.2, 0.25) is 0 Å². The number of carbonyl (C=O) groups excluding carboxylic acids is 3. The second-order valence-corrected chi connectivity index (χ2v) is 9.31. The number of hydrogen-bond donors (Lipinski definition) is 2. The molecule has 0 aliphatic carbocycles. The van der Waals surface area contributed by atoms with Gasteiger partial charge in [0.05, 0.1) is 12.6 Å². The van der Waals surface area contributed by atoms with E-state index in [1.165, 1.54) is 0 Å². The van der Waals surface area contributed by atoms with Crippen molar-refractivity contribution in [2.75, 3.05) is 65.8 Å². The van der Waals surface area contributed by atoms with Gasteiger partial charge in [0.25, 0.3) is 0 Å². The fourth-order valence-corrected chi connectivity index (χ4v) is 4.75. The maximum absolute atomic E-state index is 11.7. The Morgan fingerprint density at radius 2 is 2.09 bits per heavy atom. The predicted octanol–water partition coefficient (Wildman–Crippen LogP) is 1.43. The summed E-state index contributed by atoms with van der Waals surface area (Å²) in [6.07, 6.45) is 3.48. The van der Waals surface area contributed by atoms with Gasteiger partial charge in [-0.3, -0.25) is 14.5 Å². The Bertz CT molecular complexity index is 743. The molecule has 0 spiro atoms. The summed E-state index contributed by atoms with van der Waals surface area (Å²) < 4.78 is 5.82. The van der Waals surface area contributed by atoms with Gasteiger partial charge in [-0.05, 0) is 31.5 Å². The van der Waals surface area contributed by atoms with Gasteiger partial charge in [0.2, 0.25) is 5.91 Å². The molecule has 9 heteroatoms. The van der Waals surface area contributed by atoms with Crippen LogP contribution >= 0.6 is 11.8 Å². The van der Waals surface area contributed by atoms with Gasteiger partial charge in [-0.25, -0.2) is 0 Å². The molecule has 1 aromatic carbocycles. The molecule has 0 aromatic heterocycles. The largest absolute Gasteiger partial charge is 0.381 e. The average molecular weight is 479 g/mol. The number of amides is 1. The van der Waals surface area contributed by atoms with Gasteiger partial charge >= 0.3 is 0 Å². The number of carbonyl (C=O) groups is 3. The summed E-state index contributed by atoms with van der Waals surface area (Å²) in [5.41, 5.74) is 1.53. The summed E-state index contributed by atoms with van der Waals surface area (Å²) in [5.74, 6) is 0.702. The Balaban J connectivity index is 1.82. The number of piperazine rings is 1. The van der Waals surface area contributed by atoms with Crippen LogP contribution in [0, 0.1) is 0 Å². The van der Waals surface area contributed by atoms with Gasteiger partial charge in [0.1, 0.15) is 12.6 Å². The first-order chi connectivity index (χ1) is 16.1. The maximum atomic E-state index is 11.7. The molecule has 0 saturated carbocycles. The SMILES string of the molecule is CNC(=O)CCC(C=O)N(C)Cc1c(C=O)cccc1SCCOCCCN1CCNCC1. The van der Waals surface area contributed by atoms with E-state index in [1.54, 1.807) is 24.9 Å². The average Bonchev–Trinajstić information content (AvgIpc) is 2.84. The molecule has 1 fully saturated rings. The van der Waals surface area contributed by atoms with E-state index in [4.69, 9.17) is 4.74 Å². The highest BCUT2D eigenvalue weighted by atomic mass is 32.2. The smallest absolute Gasteiger partial charge is 0.219 e. The van der Waals surface area contributed by atoms with Gasteiger partial charge in [0, 0.05) is 75.6 Å². The van der Waals surface area contributed by atoms with E-state index in [9.17, 15) is 14.4 Å². The van der Waals surface area contributed by atoms with E-state index in [0.717, 1.165) is 74.5 Å². The van der Waals surface area contributed by atoms with Gasteiger partial charge in [-0.15, -0.1) is 11.8 Å². The molecule has 2 rings (SSSR count). The molecule has 0 bridgehead atoms.